The molecule has 0 fully saturated rings. The van der Waals surface area contributed by atoms with E-state index in [1.54, 1.807) is 49.4 Å². The SMILES string of the molecule is COC(=O)c1ccc(C(=O)Oc2ccc(C3(c4ccc(C)c(C)c4)OS(=O)(=O)c4ccccc43)cc2C)cc1. The predicted molar refractivity (Wildman–Crippen MR) is 144 cm³/mol. The molecule has 0 radical (unpaired) electrons. The Morgan fingerprint density at radius 2 is 1.31 bits per heavy atom. The highest BCUT2D eigenvalue weighted by atomic mass is 32.2. The maximum Gasteiger partial charge on any atom is 0.343 e. The largest absolute Gasteiger partial charge is 0.465 e. The van der Waals surface area contributed by atoms with Crippen LogP contribution in [0.5, 0.6) is 5.75 Å². The van der Waals surface area contributed by atoms with Crippen LogP contribution in [0.4, 0.5) is 0 Å². The minimum absolute atomic E-state index is 0.117. The van der Waals surface area contributed by atoms with Crippen LogP contribution in [0, 0.1) is 20.8 Å². The highest BCUT2D eigenvalue weighted by molar-refractivity contribution is 7.87. The lowest BCUT2D eigenvalue weighted by atomic mass is 9.79. The summed E-state index contributed by atoms with van der Waals surface area (Å²) in [6.45, 7) is 5.73. The van der Waals surface area contributed by atoms with Gasteiger partial charge < -0.3 is 9.47 Å². The molecule has 0 N–H and O–H groups in total. The Morgan fingerprint density at radius 3 is 1.92 bits per heavy atom. The number of aryl methyl sites for hydroxylation is 3. The Labute approximate surface area is 227 Å². The molecule has 1 aliphatic heterocycles. The van der Waals surface area contributed by atoms with Gasteiger partial charge in [-0.2, -0.15) is 8.42 Å². The summed E-state index contributed by atoms with van der Waals surface area (Å²) in [7, 11) is -2.76. The van der Waals surface area contributed by atoms with Gasteiger partial charge in [-0.05, 0) is 91.1 Å². The van der Waals surface area contributed by atoms with E-state index < -0.39 is 27.7 Å². The van der Waals surface area contributed by atoms with Gasteiger partial charge in [0.15, 0.2) is 5.60 Å². The number of rotatable bonds is 5. The van der Waals surface area contributed by atoms with Crippen molar-refractivity contribution in [2.45, 2.75) is 31.3 Å². The van der Waals surface area contributed by atoms with Gasteiger partial charge in [-0.15, -0.1) is 0 Å². The highest BCUT2D eigenvalue weighted by Crippen LogP contribution is 2.51. The number of ether oxygens (including phenoxy) is 2. The van der Waals surface area contributed by atoms with Gasteiger partial charge in [0, 0.05) is 5.56 Å². The molecular formula is C31H26O7S. The third kappa shape index (κ3) is 4.51. The van der Waals surface area contributed by atoms with E-state index in [4.69, 9.17) is 8.92 Å². The monoisotopic (exact) mass is 542 g/mol. The minimum atomic E-state index is -4.04. The van der Waals surface area contributed by atoms with Crippen molar-refractivity contribution in [3.8, 4) is 5.75 Å². The Kier molecular flexibility index (Phi) is 6.62. The summed E-state index contributed by atoms with van der Waals surface area (Å²) in [5.41, 5.74) is 3.62. The molecule has 0 spiro atoms. The van der Waals surface area contributed by atoms with Crippen LogP contribution in [0.3, 0.4) is 0 Å². The smallest absolute Gasteiger partial charge is 0.343 e. The van der Waals surface area contributed by atoms with Gasteiger partial charge in [0.25, 0.3) is 10.1 Å². The lowest BCUT2D eigenvalue weighted by Crippen LogP contribution is -2.30. The minimum Gasteiger partial charge on any atom is -0.465 e. The molecule has 0 saturated carbocycles. The predicted octanol–water partition coefficient (Wildman–Crippen LogP) is 5.63. The molecule has 1 unspecified atom stereocenters. The van der Waals surface area contributed by atoms with E-state index in [0.717, 1.165) is 11.1 Å². The van der Waals surface area contributed by atoms with Crippen LogP contribution in [0.2, 0.25) is 0 Å². The number of carbonyl (C=O) groups is 2. The Bertz CT molecular complexity index is 1720. The molecule has 1 atom stereocenters. The molecule has 198 valence electrons. The van der Waals surface area contributed by atoms with Crippen molar-refractivity contribution in [3.63, 3.8) is 0 Å². The molecule has 39 heavy (non-hydrogen) atoms. The zero-order valence-electron chi connectivity index (χ0n) is 21.8. The first-order valence-corrected chi connectivity index (χ1v) is 13.6. The fraction of sp³-hybridized carbons (Fsp3) is 0.161. The summed E-state index contributed by atoms with van der Waals surface area (Å²) in [6.07, 6.45) is 0. The molecule has 0 bridgehead atoms. The maximum absolute atomic E-state index is 13.2. The Morgan fingerprint density at radius 1 is 0.718 bits per heavy atom. The van der Waals surface area contributed by atoms with E-state index >= 15 is 0 Å². The molecule has 4 aromatic rings. The quantitative estimate of drug-likeness (QED) is 0.183. The molecule has 7 nitrogen and oxygen atoms in total. The second-order valence-corrected chi connectivity index (χ2v) is 11.0. The number of esters is 2. The van der Waals surface area contributed by atoms with E-state index in [1.165, 1.54) is 31.4 Å². The number of benzene rings is 4. The van der Waals surface area contributed by atoms with Crippen molar-refractivity contribution in [2.24, 2.45) is 0 Å². The van der Waals surface area contributed by atoms with Crippen molar-refractivity contribution in [1.82, 2.24) is 0 Å². The van der Waals surface area contributed by atoms with Gasteiger partial charge in [-0.3, -0.25) is 0 Å². The lowest BCUT2D eigenvalue weighted by Gasteiger charge is -2.30. The molecule has 1 aliphatic rings. The average Bonchev–Trinajstić information content (AvgIpc) is 3.19. The standard InChI is InChI=1S/C31H26O7S/c1-19-9-14-24(17-20(19)2)31(26-7-5-6-8-28(26)39(34,35)38-31)25-15-16-27(21(3)18-25)37-30(33)23-12-10-22(11-13-23)29(32)36-4/h5-18H,1-4H3. The first kappa shape index (κ1) is 26.3. The summed E-state index contributed by atoms with van der Waals surface area (Å²) in [5, 5.41) is 0. The topological polar surface area (TPSA) is 96.0 Å². The Hall–Kier alpha value is -4.27. The van der Waals surface area contributed by atoms with Crippen molar-refractivity contribution in [1.29, 1.82) is 0 Å². The fourth-order valence-corrected chi connectivity index (χ4v) is 6.19. The van der Waals surface area contributed by atoms with Crippen LogP contribution >= 0.6 is 0 Å². The summed E-state index contributed by atoms with van der Waals surface area (Å²) in [6, 6.07) is 23.6. The van der Waals surface area contributed by atoms with Crippen molar-refractivity contribution >= 4 is 22.1 Å². The summed E-state index contributed by atoms with van der Waals surface area (Å²) in [4.78, 5) is 24.6. The second kappa shape index (κ2) is 9.80. The number of hydrogen-bond donors (Lipinski definition) is 0. The fourth-order valence-electron chi connectivity index (χ4n) is 4.77. The van der Waals surface area contributed by atoms with Crippen molar-refractivity contribution in [2.75, 3.05) is 7.11 Å². The number of carbonyl (C=O) groups excluding carboxylic acids is 2. The number of methoxy groups -OCH3 is 1. The first-order chi connectivity index (χ1) is 18.6. The van der Waals surface area contributed by atoms with Gasteiger partial charge in [0.1, 0.15) is 10.6 Å². The zero-order chi connectivity index (χ0) is 27.9. The van der Waals surface area contributed by atoms with Gasteiger partial charge in [0.2, 0.25) is 0 Å². The zero-order valence-corrected chi connectivity index (χ0v) is 22.7. The van der Waals surface area contributed by atoms with Crippen LogP contribution in [0.15, 0.2) is 89.8 Å². The highest BCUT2D eigenvalue weighted by Gasteiger charge is 2.51. The van der Waals surface area contributed by atoms with Crippen LogP contribution in [0.25, 0.3) is 0 Å². The van der Waals surface area contributed by atoms with E-state index in [2.05, 4.69) is 4.74 Å². The third-order valence-electron chi connectivity index (χ3n) is 7.01. The average molecular weight is 543 g/mol. The molecule has 5 rings (SSSR count). The van der Waals surface area contributed by atoms with Crippen LogP contribution in [-0.2, 0) is 24.6 Å². The van der Waals surface area contributed by atoms with Gasteiger partial charge in [-0.25, -0.2) is 13.8 Å². The number of fused-ring (bicyclic) bond motifs is 1. The van der Waals surface area contributed by atoms with E-state index in [0.29, 0.717) is 33.6 Å². The summed E-state index contributed by atoms with van der Waals surface area (Å²) >= 11 is 0. The molecule has 4 aromatic carbocycles. The van der Waals surface area contributed by atoms with Crippen LogP contribution < -0.4 is 4.74 Å². The molecule has 0 saturated heterocycles. The van der Waals surface area contributed by atoms with E-state index in [1.807, 2.05) is 32.0 Å². The van der Waals surface area contributed by atoms with Crippen LogP contribution in [0.1, 0.15) is 54.1 Å². The number of hydrogen-bond acceptors (Lipinski definition) is 7. The van der Waals surface area contributed by atoms with E-state index in [-0.39, 0.29) is 10.5 Å². The Balaban J connectivity index is 1.56. The maximum atomic E-state index is 13.2. The first-order valence-electron chi connectivity index (χ1n) is 12.2. The van der Waals surface area contributed by atoms with Gasteiger partial charge in [-0.1, -0.05) is 42.5 Å². The van der Waals surface area contributed by atoms with E-state index in [9.17, 15) is 18.0 Å². The van der Waals surface area contributed by atoms with Gasteiger partial charge in [0.05, 0.1) is 18.2 Å². The third-order valence-corrected chi connectivity index (χ3v) is 8.37. The summed E-state index contributed by atoms with van der Waals surface area (Å²) in [5.74, 6) is -0.793. The van der Waals surface area contributed by atoms with Gasteiger partial charge >= 0.3 is 11.9 Å². The molecule has 0 amide bonds. The molecule has 1 heterocycles. The molecule has 0 aromatic heterocycles. The van der Waals surface area contributed by atoms with Crippen molar-refractivity contribution < 1.29 is 31.7 Å². The summed E-state index contributed by atoms with van der Waals surface area (Å²) < 4.78 is 42.7. The van der Waals surface area contributed by atoms with Crippen LogP contribution in [-0.4, -0.2) is 27.5 Å². The molecule has 0 aliphatic carbocycles. The lowest BCUT2D eigenvalue weighted by molar-refractivity contribution is 0.0599. The van der Waals surface area contributed by atoms with Crippen molar-refractivity contribution in [3.05, 3.63) is 129 Å². The molecular weight excluding hydrogens is 516 g/mol. The molecule has 8 heteroatoms. The normalized spacial score (nSPS) is 17.3. The second-order valence-electron chi connectivity index (χ2n) is 9.45.